The monoisotopic (exact) mass is 413 g/mol. The van der Waals surface area contributed by atoms with Crippen LogP contribution in [0.4, 0.5) is 5.69 Å². The number of rotatable bonds is 4. The maximum Gasteiger partial charge on any atom is 0.256 e. The predicted octanol–water partition coefficient (Wildman–Crippen LogP) is 5.26. The smallest absolute Gasteiger partial charge is 0.256 e. The molecule has 0 aliphatic rings. The summed E-state index contributed by atoms with van der Waals surface area (Å²) >= 11 is 4.89. The SMILES string of the molecule is Cc1cc(C)nc(Sc2ccc(NC(=O)c3ccccc3Br)cc2)n1. The molecule has 0 radical (unpaired) electrons. The van der Waals surface area contributed by atoms with Crippen molar-refractivity contribution in [3.63, 3.8) is 0 Å². The Hall–Kier alpha value is -2.18. The number of aryl methyl sites for hydroxylation is 2. The van der Waals surface area contributed by atoms with Gasteiger partial charge in [-0.3, -0.25) is 4.79 Å². The Balaban J connectivity index is 1.70. The first-order chi connectivity index (χ1) is 12.0. The second-order valence-electron chi connectivity index (χ2n) is 5.49. The number of benzene rings is 2. The van der Waals surface area contributed by atoms with Gasteiger partial charge in [0, 0.05) is 26.4 Å². The fraction of sp³-hybridized carbons (Fsp3) is 0.105. The summed E-state index contributed by atoms with van der Waals surface area (Å²) in [7, 11) is 0. The Kier molecular flexibility index (Phi) is 5.50. The van der Waals surface area contributed by atoms with Crippen LogP contribution >= 0.6 is 27.7 Å². The number of nitrogens with zero attached hydrogens (tertiary/aromatic N) is 2. The quantitative estimate of drug-likeness (QED) is 0.592. The third-order valence-corrected chi connectivity index (χ3v) is 4.97. The van der Waals surface area contributed by atoms with E-state index >= 15 is 0 Å². The van der Waals surface area contributed by atoms with E-state index in [9.17, 15) is 4.79 Å². The number of carbonyl (C=O) groups excluding carboxylic acids is 1. The fourth-order valence-corrected chi connectivity index (χ4v) is 3.62. The Morgan fingerprint density at radius 1 is 1.00 bits per heavy atom. The zero-order valence-corrected chi connectivity index (χ0v) is 16.2. The molecule has 6 heteroatoms. The lowest BCUT2D eigenvalue weighted by Gasteiger charge is -2.08. The van der Waals surface area contributed by atoms with Crippen LogP contribution in [0.25, 0.3) is 0 Å². The summed E-state index contributed by atoms with van der Waals surface area (Å²) in [5.41, 5.74) is 3.25. The molecule has 0 saturated carbocycles. The van der Waals surface area contributed by atoms with E-state index in [1.807, 2.05) is 62.4 Å². The number of aromatic nitrogens is 2. The molecule has 0 aliphatic heterocycles. The van der Waals surface area contributed by atoms with Gasteiger partial charge in [0.25, 0.3) is 5.91 Å². The third kappa shape index (κ3) is 4.67. The van der Waals surface area contributed by atoms with Gasteiger partial charge in [-0.25, -0.2) is 9.97 Å². The van der Waals surface area contributed by atoms with Crippen LogP contribution in [0, 0.1) is 13.8 Å². The maximum atomic E-state index is 12.3. The molecule has 0 fully saturated rings. The van der Waals surface area contributed by atoms with Crippen LogP contribution in [0.5, 0.6) is 0 Å². The van der Waals surface area contributed by atoms with E-state index in [0.29, 0.717) is 5.56 Å². The molecule has 2 aromatic carbocycles. The number of halogens is 1. The van der Waals surface area contributed by atoms with Crippen LogP contribution in [0.2, 0.25) is 0 Å². The average Bonchev–Trinajstić information content (AvgIpc) is 2.56. The van der Waals surface area contributed by atoms with Gasteiger partial charge in [-0.15, -0.1) is 0 Å². The number of nitrogens with one attached hydrogen (secondary N) is 1. The Labute approximate surface area is 159 Å². The molecule has 3 rings (SSSR count). The van der Waals surface area contributed by atoms with E-state index in [1.54, 1.807) is 6.07 Å². The van der Waals surface area contributed by atoms with Gasteiger partial charge in [0.05, 0.1) is 5.56 Å². The molecule has 0 unspecified atom stereocenters. The molecule has 126 valence electrons. The molecule has 0 saturated heterocycles. The van der Waals surface area contributed by atoms with Crippen molar-refractivity contribution < 1.29 is 4.79 Å². The molecule has 3 aromatic rings. The lowest BCUT2D eigenvalue weighted by Crippen LogP contribution is -2.12. The fourth-order valence-electron chi connectivity index (χ4n) is 2.29. The predicted molar refractivity (Wildman–Crippen MR) is 104 cm³/mol. The van der Waals surface area contributed by atoms with Crippen molar-refractivity contribution in [2.24, 2.45) is 0 Å². The van der Waals surface area contributed by atoms with Crippen LogP contribution in [0.15, 0.2) is 69.1 Å². The largest absolute Gasteiger partial charge is 0.322 e. The summed E-state index contributed by atoms with van der Waals surface area (Å²) in [5.74, 6) is -0.148. The minimum atomic E-state index is -0.148. The van der Waals surface area contributed by atoms with E-state index in [1.165, 1.54) is 11.8 Å². The highest BCUT2D eigenvalue weighted by molar-refractivity contribution is 9.10. The third-order valence-electron chi connectivity index (χ3n) is 3.40. The summed E-state index contributed by atoms with van der Waals surface area (Å²) < 4.78 is 0.770. The highest BCUT2D eigenvalue weighted by atomic mass is 79.9. The second-order valence-corrected chi connectivity index (χ2v) is 7.39. The van der Waals surface area contributed by atoms with Crippen LogP contribution in [-0.2, 0) is 0 Å². The van der Waals surface area contributed by atoms with Crippen molar-refractivity contribution in [2.75, 3.05) is 5.32 Å². The summed E-state index contributed by atoms with van der Waals surface area (Å²) in [4.78, 5) is 22.2. The molecule has 1 aromatic heterocycles. The van der Waals surface area contributed by atoms with E-state index in [-0.39, 0.29) is 5.91 Å². The molecule has 4 nitrogen and oxygen atoms in total. The molecule has 1 N–H and O–H groups in total. The molecule has 0 bridgehead atoms. The Morgan fingerprint density at radius 3 is 2.28 bits per heavy atom. The average molecular weight is 414 g/mol. The minimum absolute atomic E-state index is 0.148. The first-order valence-corrected chi connectivity index (χ1v) is 9.28. The summed E-state index contributed by atoms with van der Waals surface area (Å²) in [6, 6.07) is 16.9. The first kappa shape index (κ1) is 17.6. The topological polar surface area (TPSA) is 54.9 Å². The van der Waals surface area contributed by atoms with Gasteiger partial charge in [-0.2, -0.15) is 0 Å². The van der Waals surface area contributed by atoms with Crippen molar-refractivity contribution in [1.29, 1.82) is 0 Å². The lowest BCUT2D eigenvalue weighted by molar-refractivity contribution is 0.102. The summed E-state index contributed by atoms with van der Waals surface area (Å²) in [6.45, 7) is 3.91. The van der Waals surface area contributed by atoms with Crippen LogP contribution < -0.4 is 5.32 Å². The summed E-state index contributed by atoms with van der Waals surface area (Å²) in [5, 5.41) is 3.62. The Morgan fingerprint density at radius 2 is 1.64 bits per heavy atom. The van der Waals surface area contributed by atoms with Crippen molar-refractivity contribution >= 4 is 39.3 Å². The van der Waals surface area contributed by atoms with Crippen LogP contribution in [-0.4, -0.2) is 15.9 Å². The van der Waals surface area contributed by atoms with Crippen LogP contribution in [0.3, 0.4) is 0 Å². The minimum Gasteiger partial charge on any atom is -0.322 e. The molecule has 1 heterocycles. The van der Waals surface area contributed by atoms with E-state index in [2.05, 4.69) is 31.2 Å². The molecular weight excluding hydrogens is 398 g/mol. The number of hydrogen-bond acceptors (Lipinski definition) is 4. The van der Waals surface area contributed by atoms with Gasteiger partial charge in [0.15, 0.2) is 5.16 Å². The maximum absolute atomic E-state index is 12.3. The van der Waals surface area contributed by atoms with Gasteiger partial charge in [-0.05, 0) is 84.0 Å². The summed E-state index contributed by atoms with van der Waals surface area (Å²) in [6.07, 6.45) is 0. The molecule has 0 atom stereocenters. The highest BCUT2D eigenvalue weighted by Gasteiger charge is 2.09. The molecule has 0 spiro atoms. The number of anilines is 1. The molecule has 25 heavy (non-hydrogen) atoms. The van der Waals surface area contributed by atoms with E-state index < -0.39 is 0 Å². The molecular formula is C19H16BrN3OS. The first-order valence-electron chi connectivity index (χ1n) is 7.67. The Bertz CT molecular complexity index is 893. The van der Waals surface area contributed by atoms with Gasteiger partial charge < -0.3 is 5.32 Å². The van der Waals surface area contributed by atoms with Crippen molar-refractivity contribution in [3.8, 4) is 0 Å². The van der Waals surface area contributed by atoms with Crippen LogP contribution in [0.1, 0.15) is 21.7 Å². The van der Waals surface area contributed by atoms with Gasteiger partial charge in [0.2, 0.25) is 0 Å². The van der Waals surface area contributed by atoms with Gasteiger partial charge >= 0.3 is 0 Å². The van der Waals surface area contributed by atoms with E-state index in [0.717, 1.165) is 31.6 Å². The van der Waals surface area contributed by atoms with Gasteiger partial charge in [-0.1, -0.05) is 12.1 Å². The normalized spacial score (nSPS) is 10.5. The zero-order chi connectivity index (χ0) is 17.8. The second kappa shape index (κ2) is 7.80. The number of hydrogen-bond donors (Lipinski definition) is 1. The standard InChI is InChI=1S/C19H16BrN3OS/c1-12-11-13(2)22-19(21-12)25-15-9-7-14(8-10-15)23-18(24)16-5-3-4-6-17(16)20/h3-11H,1-2H3,(H,23,24). The van der Waals surface area contributed by atoms with Crippen molar-refractivity contribution in [2.45, 2.75) is 23.9 Å². The number of carbonyl (C=O) groups is 1. The van der Waals surface area contributed by atoms with E-state index in [4.69, 9.17) is 0 Å². The van der Waals surface area contributed by atoms with Crippen molar-refractivity contribution in [3.05, 3.63) is 76.0 Å². The molecule has 1 amide bonds. The highest BCUT2D eigenvalue weighted by Crippen LogP contribution is 2.26. The zero-order valence-electron chi connectivity index (χ0n) is 13.8. The lowest BCUT2D eigenvalue weighted by atomic mass is 10.2. The van der Waals surface area contributed by atoms with Gasteiger partial charge in [0.1, 0.15) is 0 Å². The van der Waals surface area contributed by atoms with Crippen molar-refractivity contribution in [1.82, 2.24) is 9.97 Å². The number of amides is 1. The molecule has 0 aliphatic carbocycles.